The molecule has 1 unspecified atom stereocenters. The molecular weight excluding hydrogens is 168 g/mol. The molecule has 0 aromatic rings. The van der Waals surface area contributed by atoms with Crippen molar-refractivity contribution in [3.63, 3.8) is 0 Å². The fraction of sp³-hybridized carbons (Fsp3) is 0.889. The van der Waals surface area contributed by atoms with Gasteiger partial charge in [0.2, 0.25) is 0 Å². The Hall–Kier alpha value is -0.610. The molecule has 76 valence electrons. The van der Waals surface area contributed by atoms with Gasteiger partial charge in [-0.25, -0.2) is 0 Å². The molecule has 1 saturated heterocycles. The summed E-state index contributed by atoms with van der Waals surface area (Å²) >= 11 is 0. The molecular formula is C9H18N2O2. The SMILES string of the molecule is COC(=O)C(C)CN1CCNCC1. The van der Waals surface area contributed by atoms with Crippen LogP contribution in [0.5, 0.6) is 0 Å². The van der Waals surface area contributed by atoms with E-state index in [4.69, 9.17) is 0 Å². The zero-order chi connectivity index (χ0) is 9.68. The first-order valence-electron chi connectivity index (χ1n) is 4.75. The van der Waals surface area contributed by atoms with Crippen molar-refractivity contribution in [1.29, 1.82) is 0 Å². The minimum Gasteiger partial charge on any atom is -0.469 e. The van der Waals surface area contributed by atoms with Crippen molar-refractivity contribution in [3.8, 4) is 0 Å². The highest BCUT2D eigenvalue weighted by Crippen LogP contribution is 2.02. The van der Waals surface area contributed by atoms with Crippen molar-refractivity contribution < 1.29 is 9.53 Å². The predicted octanol–water partition coefficient (Wildman–Crippen LogP) is -0.299. The molecule has 0 radical (unpaired) electrons. The maximum Gasteiger partial charge on any atom is 0.309 e. The molecule has 1 aliphatic heterocycles. The van der Waals surface area contributed by atoms with Crippen molar-refractivity contribution >= 4 is 5.97 Å². The zero-order valence-electron chi connectivity index (χ0n) is 8.38. The quantitative estimate of drug-likeness (QED) is 0.614. The molecule has 0 spiro atoms. The van der Waals surface area contributed by atoms with Gasteiger partial charge in [0.1, 0.15) is 0 Å². The average Bonchev–Trinajstić information content (AvgIpc) is 2.18. The number of rotatable bonds is 3. The number of nitrogens with zero attached hydrogens (tertiary/aromatic N) is 1. The molecule has 0 saturated carbocycles. The molecule has 13 heavy (non-hydrogen) atoms. The van der Waals surface area contributed by atoms with Crippen molar-refractivity contribution in [2.75, 3.05) is 39.8 Å². The second kappa shape index (κ2) is 5.19. The summed E-state index contributed by atoms with van der Waals surface area (Å²) in [7, 11) is 1.44. The highest BCUT2D eigenvalue weighted by molar-refractivity contribution is 5.72. The van der Waals surface area contributed by atoms with Gasteiger partial charge in [-0.15, -0.1) is 0 Å². The van der Waals surface area contributed by atoms with Crippen molar-refractivity contribution in [2.24, 2.45) is 5.92 Å². The highest BCUT2D eigenvalue weighted by atomic mass is 16.5. The average molecular weight is 186 g/mol. The molecule has 0 amide bonds. The summed E-state index contributed by atoms with van der Waals surface area (Å²) in [6.07, 6.45) is 0. The van der Waals surface area contributed by atoms with Crippen molar-refractivity contribution in [3.05, 3.63) is 0 Å². The van der Waals surface area contributed by atoms with E-state index in [2.05, 4.69) is 15.0 Å². The van der Waals surface area contributed by atoms with Gasteiger partial charge in [0.05, 0.1) is 13.0 Å². The largest absolute Gasteiger partial charge is 0.469 e. The molecule has 1 N–H and O–H groups in total. The fourth-order valence-corrected chi connectivity index (χ4v) is 1.56. The van der Waals surface area contributed by atoms with Crippen LogP contribution in [-0.2, 0) is 9.53 Å². The summed E-state index contributed by atoms with van der Waals surface area (Å²) in [5.74, 6) is -0.123. The maximum absolute atomic E-state index is 11.1. The number of methoxy groups -OCH3 is 1. The minimum atomic E-state index is -0.112. The number of carbonyl (C=O) groups excluding carboxylic acids is 1. The van der Waals surface area contributed by atoms with Crippen LogP contribution in [0.1, 0.15) is 6.92 Å². The normalized spacial score (nSPS) is 21.1. The predicted molar refractivity (Wildman–Crippen MR) is 50.5 cm³/mol. The van der Waals surface area contributed by atoms with Crippen molar-refractivity contribution in [1.82, 2.24) is 10.2 Å². The number of nitrogens with one attached hydrogen (secondary N) is 1. The number of carbonyl (C=O) groups is 1. The van der Waals surface area contributed by atoms with Gasteiger partial charge in [-0.1, -0.05) is 6.92 Å². The topological polar surface area (TPSA) is 41.6 Å². The van der Waals surface area contributed by atoms with Crippen LogP contribution >= 0.6 is 0 Å². The number of hydrogen-bond acceptors (Lipinski definition) is 4. The molecule has 1 heterocycles. The number of ether oxygens (including phenoxy) is 1. The van der Waals surface area contributed by atoms with Crippen LogP contribution < -0.4 is 5.32 Å². The van der Waals surface area contributed by atoms with Gasteiger partial charge in [0, 0.05) is 32.7 Å². The molecule has 0 aromatic carbocycles. The van der Waals surface area contributed by atoms with Gasteiger partial charge in [0.25, 0.3) is 0 Å². The Kier molecular flexibility index (Phi) is 4.18. The number of piperazine rings is 1. The minimum absolute atomic E-state index is 0.0110. The molecule has 0 bridgehead atoms. The van der Waals surface area contributed by atoms with Gasteiger partial charge in [-0.2, -0.15) is 0 Å². The van der Waals surface area contributed by atoms with E-state index in [0.717, 1.165) is 32.7 Å². The Bertz CT molecular complexity index is 167. The lowest BCUT2D eigenvalue weighted by Crippen LogP contribution is -2.45. The van der Waals surface area contributed by atoms with E-state index in [9.17, 15) is 4.79 Å². The van der Waals surface area contributed by atoms with E-state index in [1.165, 1.54) is 7.11 Å². The molecule has 1 rings (SSSR count). The maximum atomic E-state index is 11.1. The molecule has 0 aromatic heterocycles. The Balaban J connectivity index is 2.25. The summed E-state index contributed by atoms with van der Waals surface area (Å²) in [5.41, 5.74) is 0. The van der Waals surface area contributed by atoms with Crippen LogP contribution in [0.4, 0.5) is 0 Å². The Labute approximate surface area is 79.2 Å². The highest BCUT2D eigenvalue weighted by Gasteiger charge is 2.18. The van der Waals surface area contributed by atoms with Gasteiger partial charge < -0.3 is 10.1 Å². The summed E-state index contributed by atoms with van der Waals surface area (Å²) < 4.78 is 4.67. The molecule has 4 heteroatoms. The van der Waals surface area contributed by atoms with Crippen molar-refractivity contribution in [2.45, 2.75) is 6.92 Å². The second-order valence-electron chi connectivity index (χ2n) is 3.47. The standard InChI is InChI=1S/C9H18N2O2/c1-8(9(12)13-2)7-11-5-3-10-4-6-11/h8,10H,3-7H2,1-2H3. The van der Waals surface area contributed by atoms with E-state index in [-0.39, 0.29) is 11.9 Å². The first kappa shape index (κ1) is 10.5. The third kappa shape index (κ3) is 3.32. The molecule has 1 fully saturated rings. The summed E-state index contributed by atoms with van der Waals surface area (Å²) in [5, 5.41) is 3.27. The fourth-order valence-electron chi connectivity index (χ4n) is 1.56. The van der Waals surface area contributed by atoms with Crippen LogP contribution in [0.2, 0.25) is 0 Å². The Morgan fingerprint density at radius 3 is 2.69 bits per heavy atom. The lowest BCUT2D eigenvalue weighted by atomic mass is 10.1. The third-order valence-electron chi connectivity index (χ3n) is 2.35. The number of hydrogen-bond donors (Lipinski definition) is 1. The van der Waals surface area contributed by atoms with Crippen LogP contribution in [0.25, 0.3) is 0 Å². The smallest absolute Gasteiger partial charge is 0.309 e. The third-order valence-corrected chi connectivity index (χ3v) is 2.35. The van der Waals surface area contributed by atoms with Gasteiger partial charge in [-0.3, -0.25) is 9.69 Å². The van der Waals surface area contributed by atoms with Gasteiger partial charge >= 0.3 is 5.97 Å². The summed E-state index contributed by atoms with van der Waals surface area (Å²) in [6, 6.07) is 0. The second-order valence-corrected chi connectivity index (χ2v) is 3.47. The lowest BCUT2D eigenvalue weighted by molar-refractivity contribution is -0.145. The number of esters is 1. The van der Waals surface area contributed by atoms with Crippen LogP contribution in [0.15, 0.2) is 0 Å². The Morgan fingerprint density at radius 2 is 2.15 bits per heavy atom. The van der Waals surface area contributed by atoms with Gasteiger partial charge in [-0.05, 0) is 0 Å². The summed E-state index contributed by atoms with van der Waals surface area (Å²) in [4.78, 5) is 13.4. The monoisotopic (exact) mass is 186 g/mol. The van der Waals surface area contributed by atoms with E-state index in [0.29, 0.717) is 0 Å². The van der Waals surface area contributed by atoms with Crippen LogP contribution in [0, 0.1) is 5.92 Å². The summed E-state index contributed by atoms with van der Waals surface area (Å²) in [6.45, 7) is 6.83. The van der Waals surface area contributed by atoms with E-state index >= 15 is 0 Å². The van der Waals surface area contributed by atoms with Crippen LogP contribution in [-0.4, -0.2) is 50.7 Å². The first-order chi connectivity index (χ1) is 6.24. The van der Waals surface area contributed by atoms with E-state index in [1.807, 2.05) is 6.92 Å². The molecule has 0 aliphatic carbocycles. The first-order valence-corrected chi connectivity index (χ1v) is 4.75. The molecule has 1 aliphatic rings. The lowest BCUT2D eigenvalue weighted by Gasteiger charge is -2.28. The molecule has 4 nitrogen and oxygen atoms in total. The van der Waals surface area contributed by atoms with E-state index < -0.39 is 0 Å². The molecule has 1 atom stereocenters. The van der Waals surface area contributed by atoms with Gasteiger partial charge in [0.15, 0.2) is 0 Å². The zero-order valence-corrected chi connectivity index (χ0v) is 8.38. The van der Waals surface area contributed by atoms with E-state index in [1.54, 1.807) is 0 Å². The van der Waals surface area contributed by atoms with Crippen LogP contribution in [0.3, 0.4) is 0 Å². The Morgan fingerprint density at radius 1 is 1.54 bits per heavy atom.